The van der Waals surface area contributed by atoms with Gasteiger partial charge in [-0.15, -0.1) is 54.1 Å². The van der Waals surface area contributed by atoms with E-state index in [9.17, 15) is 2.74 Å². The summed E-state index contributed by atoms with van der Waals surface area (Å²) in [6.07, 6.45) is 0.258. The van der Waals surface area contributed by atoms with Crippen molar-refractivity contribution < 1.29 is 30.0 Å². The predicted octanol–water partition coefficient (Wildman–Crippen LogP) is 15.0. The molecule has 0 saturated carbocycles. The first kappa shape index (κ1) is 39.5. The molecular formula is C56H57IrN3OSi-2. The minimum absolute atomic E-state index is 0. The molecule has 1 radical (unpaired) electrons. The molecule has 3 aromatic heterocycles. The molecule has 0 aliphatic rings. The third kappa shape index (κ3) is 9.34. The van der Waals surface area contributed by atoms with Gasteiger partial charge in [-0.05, 0) is 87.9 Å². The standard InChI is InChI=1S/C40H39N2OSi.C16H18N.Ir/c1-25(2)33-23-28(27-19-21-29(22-20-27)44(5,6)7)24-34(26(3)4)38(33)42-36-17-10-9-16-35(36)41-40(42)32-15-12-14-31-30-13-8-11-18-37(30)43-39(31)32;1-16(2,3)12-13-9-10-17-15(11-13)14-7-5-4-6-8-14;/h8-14,16-26H,1-7H3;4-7,9-11H,12H2,1-3H3;/q2*-1;/i25D,26D;12D2;. The first-order valence-electron chi connectivity index (χ1n) is 23.1. The molecule has 62 heavy (non-hydrogen) atoms. The number of fused-ring (bicyclic) bond motifs is 4. The molecule has 4 nitrogen and oxygen atoms in total. The molecule has 0 N–H and O–H groups in total. The van der Waals surface area contributed by atoms with Crippen LogP contribution in [0.1, 0.15) is 82.4 Å². The smallest absolute Gasteiger partial charge is 0.120 e. The van der Waals surface area contributed by atoms with E-state index in [2.05, 4.69) is 89.9 Å². The van der Waals surface area contributed by atoms with Gasteiger partial charge in [0.25, 0.3) is 0 Å². The van der Waals surface area contributed by atoms with Crippen LogP contribution in [-0.4, -0.2) is 22.6 Å². The second kappa shape index (κ2) is 18.1. The Kier molecular flexibility index (Phi) is 11.5. The third-order valence-electron chi connectivity index (χ3n) is 10.9. The fourth-order valence-corrected chi connectivity index (χ4v) is 9.05. The largest absolute Gasteiger partial charge is 0.501 e. The van der Waals surface area contributed by atoms with Crippen LogP contribution < -0.4 is 5.19 Å². The molecular weight excluding hydrogens is 951 g/mol. The van der Waals surface area contributed by atoms with Crippen LogP contribution in [0.15, 0.2) is 144 Å². The summed E-state index contributed by atoms with van der Waals surface area (Å²) in [5, 5.41) is 3.45. The molecule has 9 rings (SSSR count). The van der Waals surface area contributed by atoms with Gasteiger partial charge in [-0.1, -0.05) is 150 Å². The van der Waals surface area contributed by atoms with E-state index in [1.54, 1.807) is 12.3 Å². The molecule has 0 unspecified atom stereocenters. The molecule has 0 amide bonds. The fourth-order valence-electron chi connectivity index (χ4n) is 7.88. The van der Waals surface area contributed by atoms with Crippen molar-refractivity contribution in [2.45, 2.75) is 86.3 Å². The van der Waals surface area contributed by atoms with Crippen LogP contribution in [0.2, 0.25) is 19.6 Å². The Hall–Kier alpha value is -5.39. The number of para-hydroxylation sites is 3. The number of hydrogen-bond acceptors (Lipinski definition) is 3. The Balaban J connectivity index is 0.000000272. The molecule has 0 bridgehead atoms. The number of benzene rings is 6. The number of hydrogen-bond donors (Lipinski definition) is 0. The van der Waals surface area contributed by atoms with Crippen molar-refractivity contribution in [1.82, 2.24) is 14.5 Å². The fraction of sp³-hybridized carbons (Fsp3) is 0.250. The van der Waals surface area contributed by atoms with Gasteiger partial charge in [-0.25, -0.2) is 0 Å². The van der Waals surface area contributed by atoms with Crippen LogP contribution in [-0.2, 0) is 26.5 Å². The molecule has 0 fully saturated rings. The normalized spacial score (nSPS) is 13.5. The van der Waals surface area contributed by atoms with E-state index in [0.29, 0.717) is 11.4 Å². The number of pyridine rings is 1. The molecule has 0 saturated heterocycles. The van der Waals surface area contributed by atoms with Gasteiger partial charge in [0.05, 0.1) is 30.5 Å². The van der Waals surface area contributed by atoms with Gasteiger partial charge >= 0.3 is 0 Å². The maximum atomic E-state index is 9.46. The van der Waals surface area contributed by atoms with Crippen molar-refractivity contribution in [1.29, 1.82) is 0 Å². The van der Waals surface area contributed by atoms with Gasteiger partial charge in [-0.2, -0.15) is 0 Å². The van der Waals surface area contributed by atoms with Crippen LogP contribution in [0, 0.1) is 17.5 Å². The predicted molar refractivity (Wildman–Crippen MR) is 261 cm³/mol. The average Bonchev–Trinajstić information content (AvgIpc) is 3.84. The summed E-state index contributed by atoms with van der Waals surface area (Å²) in [6.45, 7) is 20.5. The average molecular weight is 1010 g/mol. The van der Waals surface area contributed by atoms with E-state index < -0.39 is 31.6 Å². The molecule has 0 spiro atoms. The zero-order chi connectivity index (χ0) is 46.7. The zero-order valence-corrected chi connectivity index (χ0v) is 40.8. The summed E-state index contributed by atoms with van der Waals surface area (Å²) in [5.74, 6) is -1.29. The first-order valence-corrected chi connectivity index (χ1v) is 24.6. The van der Waals surface area contributed by atoms with Crippen molar-refractivity contribution in [3.63, 3.8) is 0 Å². The van der Waals surface area contributed by atoms with Crippen molar-refractivity contribution in [2.24, 2.45) is 5.41 Å². The van der Waals surface area contributed by atoms with Crippen LogP contribution in [0.4, 0.5) is 0 Å². The Labute approximate surface area is 388 Å². The van der Waals surface area contributed by atoms with Crippen molar-refractivity contribution in [3.05, 3.63) is 168 Å². The van der Waals surface area contributed by atoms with Crippen LogP contribution in [0.3, 0.4) is 0 Å². The maximum Gasteiger partial charge on any atom is 0.120 e. The molecule has 0 aliphatic heterocycles. The van der Waals surface area contributed by atoms with E-state index in [4.69, 9.17) is 12.1 Å². The van der Waals surface area contributed by atoms with E-state index >= 15 is 0 Å². The summed E-state index contributed by atoms with van der Waals surface area (Å²) in [7, 11) is -1.46. The molecule has 317 valence electrons. The van der Waals surface area contributed by atoms with Gasteiger partial charge in [0, 0.05) is 42.9 Å². The number of furan rings is 1. The Morgan fingerprint density at radius 2 is 1.42 bits per heavy atom. The minimum Gasteiger partial charge on any atom is -0.501 e. The third-order valence-corrected chi connectivity index (χ3v) is 12.9. The Morgan fingerprint density at radius 3 is 2.08 bits per heavy atom. The Bertz CT molecular complexity index is 3130. The Morgan fingerprint density at radius 1 is 0.742 bits per heavy atom. The summed E-state index contributed by atoms with van der Waals surface area (Å²) in [4.78, 5) is 9.50. The summed E-state index contributed by atoms with van der Waals surface area (Å²) < 4.78 is 44.2. The van der Waals surface area contributed by atoms with Crippen LogP contribution >= 0.6 is 0 Å². The monoisotopic (exact) mass is 1010 g/mol. The molecule has 0 atom stereocenters. The van der Waals surface area contributed by atoms with E-state index in [1.165, 1.54) is 5.19 Å². The summed E-state index contributed by atoms with van der Waals surface area (Å²) >= 11 is 0. The van der Waals surface area contributed by atoms with Crippen molar-refractivity contribution >= 4 is 46.2 Å². The second-order valence-electron chi connectivity index (χ2n) is 18.3. The van der Waals surface area contributed by atoms with Crippen LogP contribution in [0.5, 0.6) is 0 Å². The number of aromatic nitrogens is 3. The number of imidazole rings is 1. The second-order valence-corrected chi connectivity index (χ2v) is 23.4. The van der Waals surface area contributed by atoms with Gasteiger partial charge in [-0.3, -0.25) is 4.98 Å². The maximum absolute atomic E-state index is 9.46. The SMILES string of the molecule is [2H]C(C)(C)c1cc(-c2ccc([Si](C)(C)C)cc2)cc(C([2H])(C)C)c1-n1c(-c2[c-]ccc3c2oc2ccccc23)nc2ccccc21.[2H]C([2H])(c1ccnc(-c2[c-]cccc2)c1)C(C)(C)C.[Ir]. The molecule has 0 aliphatic carbocycles. The molecule has 6 heteroatoms. The quantitative estimate of drug-likeness (QED) is 0.113. The number of rotatable bonds is 8. The van der Waals surface area contributed by atoms with Gasteiger partial charge < -0.3 is 14.0 Å². The van der Waals surface area contributed by atoms with Gasteiger partial charge in [0.1, 0.15) is 5.58 Å². The number of nitrogens with zero attached hydrogens (tertiary/aromatic N) is 3. The van der Waals surface area contributed by atoms with E-state index in [-0.39, 0.29) is 20.1 Å². The topological polar surface area (TPSA) is 43.9 Å². The minimum atomic E-state index is -1.46. The molecule has 6 aromatic carbocycles. The van der Waals surface area contributed by atoms with Gasteiger partial charge in [0.15, 0.2) is 0 Å². The summed E-state index contributed by atoms with van der Waals surface area (Å²) in [5.41, 5.74) is 10.4. The first-order chi connectivity index (χ1) is 30.5. The molecule has 3 heterocycles. The van der Waals surface area contributed by atoms with Crippen LogP contribution in [0.25, 0.3) is 72.4 Å². The van der Waals surface area contributed by atoms with Crippen molar-refractivity contribution in [3.8, 4) is 39.5 Å². The summed E-state index contributed by atoms with van der Waals surface area (Å²) in [6, 6.07) is 51.0. The molecule has 9 aromatic rings. The zero-order valence-electron chi connectivity index (χ0n) is 41.4. The van der Waals surface area contributed by atoms with Gasteiger partial charge in [0.2, 0.25) is 0 Å². The van der Waals surface area contributed by atoms with E-state index in [0.717, 1.165) is 77.7 Å². The van der Waals surface area contributed by atoms with Crippen molar-refractivity contribution in [2.75, 3.05) is 0 Å². The van der Waals surface area contributed by atoms with E-state index in [1.807, 2.05) is 127 Å².